The largest absolute Gasteiger partial charge is 0.326 e. The fraction of sp³-hybridized carbons (Fsp3) is 0.273. The molecular formula is C22H23N3O4S2. The summed E-state index contributed by atoms with van der Waals surface area (Å²) in [5.74, 6) is -0.590. The van der Waals surface area contributed by atoms with Crippen molar-refractivity contribution >= 4 is 44.3 Å². The minimum atomic E-state index is -3.76. The predicted octanol–water partition coefficient (Wildman–Crippen LogP) is 3.29. The number of nitrogens with one attached hydrogen (secondary N) is 2. The van der Waals surface area contributed by atoms with E-state index in [1.165, 1.54) is 16.4 Å². The fourth-order valence-electron chi connectivity index (χ4n) is 3.76. The summed E-state index contributed by atoms with van der Waals surface area (Å²) in [5.41, 5.74) is 1.05. The highest BCUT2D eigenvalue weighted by atomic mass is 32.2. The summed E-state index contributed by atoms with van der Waals surface area (Å²) in [6.07, 6.45) is 3.22. The van der Waals surface area contributed by atoms with Gasteiger partial charge >= 0.3 is 0 Å². The Morgan fingerprint density at radius 2 is 2.00 bits per heavy atom. The number of sulfonamides is 1. The van der Waals surface area contributed by atoms with E-state index in [9.17, 15) is 18.0 Å². The molecule has 2 heterocycles. The van der Waals surface area contributed by atoms with Gasteiger partial charge in [-0.25, -0.2) is 8.42 Å². The number of carbonyl (C=O) groups is 1. The van der Waals surface area contributed by atoms with Crippen LogP contribution < -0.4 is 10.9 Å². The smallest absolute Gasteiger partial charge is 0.248 e. The number of pyridine rings is 1. The van der Waals surface area contributed by atoms with Crippen LogP contribution in [0.5, 0.6) is 0 Å². The molecule has 0 aliphatic carbocycles. The maximum Gasteiger partial charge on any atom is 0.248 e. The number of fused-ring (bicyclic) bond motifs is 1. The van der Waals surface area contributed by atoms with Crippen molar-refractivity contribution in [3.05, 3.63) is 65.0 Å². The second kappa shape index (κ2) is 8.86. The minimum Gasteiger partial charge on any atom is -0.326 e. The van der Waals surface area contributed by atoms with Crippen molar-refractivity contribution in [1.82, 2.24) is 9.29 Å². The van der Waals surface area contributed by atoms with E-state index in [0.29, 0.717) is 36.0 Å². The van der Waals surface area contributed by atoms with Gasteiger partial charge < -0.3 is 10.3 Å². The summed E-state index contributed by atoms with van der Waals surface area (Å²) in [7, 11) is -3.76. The van der Waals surface area contributed by atoms with Crippen LogP contribution in [0.2, 0.25) is 0 Å². The van der Waals surface area contributed by atoms with Gasteiger partial charge in [-0.15, -0.1) is 11.8 Å². The first-order valence-corrected chi connectivity index (χ1v) is 12.6. The number of benzene rings is 2. The molecular weight excluding hydrogens is 434 g/mol. The van der Waals surface area contributed by atoms with Gasteiger partial charge in [-0.1, -0.05) is 6.07 Å². The van der Waals surface area contributed by atoms with Gasteiger partial charge in [-0.05, 0) is 66.9 Å². The maximum absolute atomic E-state index is 13.2. The third-order valence-electron chi connectivity index (χ3n) is 5.43. The molecule has 0 bridgehead atoms. The number of rotatable bonds is 5. The van der Waals surface area contributed by atoms with Crippen LogP contribution in [0, 0.1) is 5.92 Å². The molecule has 3 aromatic rings. The second-order valence-corrected chi connectivity index (χ2v) is 10.3. The first kappa shape index (κ1) is 21.6. The standard InChI is InChI=1S/C22H23N3O4S2/c1-30-18-6-2-5-17(13-18)23-22(27)16-4-3-11-25(14-16)31(28,29)19-8-9-20-15(12-19)7-10-21(26)24-20/h2,5-10,12-13,16H,3-4,11,14H2,1H3,(H,23,27)(H,24,26). The van der Waals surface area contributed by atoms with Gasteiger partial charge in [0.25, 0.3) is 0 Å². The van der Waals surface area contributed by atoms with Crippen LogP contribution in [-0.4, -0.2) is 43.0 Å². The zero-order chi connectivity index (χ0) is 22.0. The molecule has 1 aliphatic heterocycles. The number of H-pyrrole nitrogens is 1. The lowest BCUT2D eigenvalue weighted by molar-refractivity contribution is -0.120. The molecule has 4 rings (SSSR count). The topological polar surface area (TPSA) is 99.3 Å². The lowest BCUT2D eigenvalue weighted by Crippen LogP contribution is -2.43. The number of aromatic amines is 1. The Morgan fingerprint density at radius 3 is 2.81 bits per heavy atom. The van der Waals surface area contributed by atoms with Crippen molar-refractivity contribution in [1.29, 1.82) is 0 Å². The second-order valence-electron chi connectivity index (χ2n) is 7.50. The van der Waals surface area contributed by atoms with Gasteiger partial charge in [-0.3, -0.25) is 9.59 Å². The van der Waals surface area contributed by atoms with Crippen molar-refractivity contribution in [2.24, 2.45) is 5.92 Å². The summed E-state index contributed by atoms with van der Waals surface area (Å²) in [6.45, 7) is 0.512. The van der Waals surface area contributed by atoms with Crippen LogP contribution in [0.4, 0.5) is 5.69 Å². The molecule has 31 heavy (non-hydrogen) atoms. The normalized spacial score (nSPS) is 17.5. The first-order chi connectivity index (χ1) is 14.9. The zero-order valence-electron chi connectivity index (χ0n) is 17.0. The number of aromatic nitrogens is 1. The number of carbonyl (C=O) groups excluding carboxylic acids is 1. The van der Waals surface area contributed by atoms with Crippen LogP contribution in [0.15, 0.2) is 69.2 Å². The Morgan fingerprint density at radius 1 is 1.16 bits per heavy atom. The van der Waals surface area contributed by atoms with Crippen molar-refractivity contribution in [2.45, 2.75) is 22.6 Å². The van der Waals surface area contributed by atoms with E-state index in [0.717, 1.165) is 4.90 Å². The number of hydrogen-bond acceptors (Lipinski definition) is 5. The van der Waals surface area contributed by atoms with E-state index < -0.39 is 15.9 Å². The molecule has 7 nitrogen and oxygen atoms in total. The summed E-state index contributed by atoms with van der Waals surface area (Å²) in [4.78, 5) is 28.1. The van der Waals surface area contributed by atoms with Crippen LogP contribution in [0.1, 0.15) is 12.8 Å². The summed E-state index contributed by atoms with van der Waals surface area (Å²) < 4.78 is 27.8. The molecule has 1 amide bonds. The molecule has 9 heteroatoms. The molecule has 2 aromatic carbocycles. The van der Waals surface area contributed by atoms with Gasteiger partial charge in [0.15, 0.2) is 0 Å². The maximum atomic E-state index is 13.2. The fourth-order valence-corrected chi connectivity index (χ4v) is 5.78. The molecule has 1 saturated heterocycles. The lowest BCUT2D eigenvalue weighted by Gasteiger charge is -2.31. The summed E-state index contributed by atoms with van der Waals surface area (Å²) in [6, 6.07) is 15.2. The number of nitrogens with zero attached hydrogens (tertiary/aromatic N) is 1. The van der Waals surface area contributed by atoms with Crippen molar-refractivity contribution in [3.8, 4) is 0 Å². The first-order valence-electron chi connectivity index (χ1n) is 9.95. The number of amides is 1. The van der Waals surface area contributed by atoms with Crippen LogP contribution >= 0.6 is 11.8 Å². The molecule has 0 radical (unpaired) electrons. The molecule has 2 N–H and O–H groups in total. The van der Waals surface area contributed by atoms with E-state index in [2.05, 4.69) is 10.3 Å². The van der Waals surface area contributed by atoms with Gasteiger partial charge in [0, 0.05) is 35.3 Å². The Bertz CT molecular complexity index is 1290. The monoisotopic (exact) mass is 457 g/mol. The van der Waals surface area contributed by atoms with E-state index in [1.807, 2.05) is 30.5 Å². The molecule has 1 fully saturated rings. The number of anilines is 1. The van der Waals surface area contributed by atoms with Crippen LogP contribution in [-0.2, 0) is 14.8 Å². The predicted molar refractivity (Wildman–Crippen MR) is 123 cm³/mol. The van der Waals surface area contributed by atoms with E-state index >= 15 is 0 Å². The Balaban J connectivity index is 1.52. The molecule has 0 spiro atoms. The molecule has 1 aliphatic rings. The SMILES string of the molecule is CSc1cccc(NC(=O)C2CCCN(S(=O)(=O)c3ccc4[nH]c(=O)ccc4c3)C2)c1. The summed E-state index contributed by atoms with van der Waals surface area (Å²) >= 11 is 1.59. The Labute approximate surface area is 184 Å². The van der Waals surface area contributed by atoms with E-state index in [1.54, 1.807) is 30.0 Å². The number of piperidine rings is 1. The van der Waals surface area contributed by atoms with Crippen molar-refractivity contribution in [2.75, 3.05) is 24.7 Å². The van der Waals surface area contributed by atoms with Crippen molar-refractivity contribution in [3.63, 3.8) is 0 Å². The van der Waals surface area contributed by atoms with E-state index in [4.69, 9.17) is 0 Å². The third kappa shape index (κ3) is 4.68. The van der Waals surface area contributed by atoms with Crippen LogP contribution in [0.3, 0.4) is 0 Å². The van der Waals surface area contributed by atoms with Gasteiger partial charge in [0.1, 0.15) is 0 Å². The van der Waals surface area contributed by atoms with E-state index in [-0.39, 0.29) is 22.9 Å². The highest BCUT2D eigenvalue weighted by molar-refractivity contribution is 7.98. The molecule has 1 atom stereocenters. The molecule has 1 aromatic heterocycles. The molecule has 162 valence electrons. The summed E-state index contributed by atoms with van der Waals surface area (Å²) in [5, 5.41) is 3.56. The third-order valence-corrected chi connectivity index (χ3v) is 8.01. The number of thioether (sulfide) groups is 1. The molecule has 1 unspecified atom stereocenters. The lowest BCUT2D eigenvalue weighted by atomic mass is 9.99. The average Bonchev–Trinajstić information content (AvgIpc) is 2.78. The highest BCUT2D eigenvalue weighted by Crippen LogP contribution is 2.27. The number of hydrogen-bond donors (Lipinski definition) is 2. The Hall–Kier alpha value is -2.62. The van der Waals surface area contributed by atoms with Crippen molar-refractivity contribution < 1.29 is 13.2 Å². The van der Waals surface area contributed by atoms with Crippen LogP contribution in [0.25, 0.3) is 10.9 Å². The average molecular weight is 458 g/mol. The van der Waals surface area contributed by atoms with Gasteiger partial charge in [0.05, 0.1) is 10.8 Å². The zero-order valence-corrected chi connectivity index (χ0v) is 18.6. The molecule has 0 saturated carbocycles. The quantitative estimate of drug-likeness (QED) is 0.573. The van der Waals surface area contributed by atoms with Gasteiger partial charge in [0.2, 0.25) is 21.5 Å². The highest BCUT2D eigenvalue weighted by Gasteiger charge is 2.33. The van der Waals surface area contributed by atoms with Gasteiger partial charge in [-0.2, -0.15) is 4.31 Å². The Kier molecular flexibility index (Phi) is 6.17. The minimum absolute atomic E-state index is 0.139.